The van der Waals surface area contributed by atoms with Crippen molar-refractivity contribution in [3.63, 3.8) is 0 Å². The van der Waals surface area contributed by atoms with Gasteiger partial charge in [0.25, 0.3) is 0 Å². The number of hydrogen-bond donors (Lipinski definition) is 1. The fourth-order valence-corrected chi connectivity index (χ4v) is 6.15. The van der Waals surface area contributed by atoms with Gasteiger partial charge >= 0.3 is 0 Å². The highest BCUT2D eigenvalue weighted by Crippen LogP contribution is 2.61. The molecular formula is C18H26O2. The van der Waals surface area contributed by atoms with Crippen LogP contribution in [0.3, 0.4) is 0 Å². The van der Waals surface area contributed by atoms with Gasteiger partial charge in [-0.25, -0.2) is 0 Å². The Hall–Kier alpha value is -0.630. The van der Waals surface area contributed by atoms with Crippen molar-refractivity contribution in [1.29, 1.82) is 0 Å². The van der Waals surface area contributed by atoms with Crippen LogP contribution in [0, 0.1) is 29.1 Å². The van der Waals surface area contributed by atoms with Gasteiger partial charge in [-0.3, -0.25) is 4.79 Å². The van der Waals surface area contributed by atoms with Crippen LogP contribution in [0.15, 0.2) is 11.6 Å². The van der Waals surface area contributed by atoms with Gasteiger partial charge in [0, 0.05) is 6.42 Å². The number of ketones is 1. The Labute approximate surface area is 121 Å². The average molecular weight is 274 g/mol. The number of aliphatic hydroxyl groups excluding tert-OH is 1. The van der Waals surface area contributed by atoms with Gasteiger partial charge in [0.1, 0.15) is 0 Å². The highest BCUT2D eigenvalue weighted by atomic mass is 16.3. The van der Waals surface area contributed by atoms with Gasteiger partial charge < -0.3 is 5.11 Å². The fourth-order valence-electron chi connectivity index (χ4n) is 6.15. The van der Waals surface area contributed by atoms with Crippen molar-refractivity contribution in [2.24, 2.45) is 29.1 Å². The molecule has 0 aromatic rings. The van der Waals surface area contributed by atoms with E-state index in [1.165, 1.54) is 31.3 Å². The quantitative estimate of drug-likeness (QED) is 0.734. The lowest BCUT2D eigenvalue weighted by molar-refractivity contribution is -0.116. The second kappa shape index (κ2) is 4.43. The minimum absolute atomic E-state index is 0.0710. The summed E-state index contributed by atoms with van der Waals surface area (Å²) in [5.74, 6) is 3.38. The lowest BCUT2D eigenvalue weighted by Gasteiger charge is -2.53. The second-order valence-electron chi connectivity index (χ2n) is 7.94. The van der Waals surface area contributed by atoms with E-state index in [9.17, 15) is 9.90 Å². The highest BCUT2D eigenvalue weighted by Gasteiger charge is 2.55. The molecule has 2 heteroatoms. The van der Waals surface area contributed by atoms with Gasteiger partial charge in [0.2, 0.25) is 0 Å². The van der Waals surface area contributed by atoms with Crippen molar-refractivity contribution in [2.45, 2.75) is 64.4 Å². The second-order valence-corrected chi connectivity index (χ2v) is 7.94. The summed E-state index contributed by atoms with van der Waals surface area (Å²) in [4.78, 5) is 11.6. The molecule has 1 N–H and O–H groups in total. The predicted octanol–water partition coefficient (Wildman–Crippen LogP) is 3.49. The molecule has 4 aliphatic carbocycles. The molecule has 0 aromatic heterocycles. The summed E-state index contributed by atoms with van der Waals surface area (Å²) >= 11 is 0. The summed E-state index contributed by atoms with van der Waals surface area (Å²) in [6.07, 6.45) is 10.9. The van der Waals surface area contributed by atoms with Crippen LogP contribution in [0.5, 0.6) is 0 Å². The Morgan fingerprint density at radius 3 is 2.80 bits per heavy atom. The molecular weight excluding hydrogens is 248 g/mol. The molecule has 0 heterocycles. The number of allylic oxidation sites excluding steroid dienone is 1. The third kappa shape index (κ3) is 1.70. The van der Waals surface area contributed by atoms with Crippen molar-refractivity contribution in [3.8, 4) is 0 Å². The molecule has 3 saturated carbocycles. The Bertz CT molecular complexity index is 466. The van der Waals surface area contributed by atoms with Crippen LogP contribution in [-0.2, 0) is 4.79 Å². The number of hydrogen-bond acceptors (Lipinski definition) is 2. The normalized spacial score (nSPS) is 51.0. The van der Waals surface area contributed by atoms with E-state index >= 15 is 0 Å². The van der Waals surface area contributed by atoms with Crippen LogP contribution in [0.25, 0.3) is 0 Å². The standard InChI is InChI=1S/C18H26O2/c1-18-9-8-14-13-5-3-12(19)10-11(13)2-4-15(14)16(18)6-7-17(18)20/h10,13-17,20H,2-9H2,1H3/t13-,14+,15+,16-,17-,18?/m0/s1. The molecule has 0 aliphatic heterocycles. The van der Waals surface area contributed by atoms with Crippen molar-refractivity contribution in [1.82, 2.24) is 0 Å². The molecule has 20 heavy (non-hydrogen) atoms. The zero-order chi connectivity index (χ0) is 13.9. The zero-order valence-electron chi connectivity index (χ0n) is 12.5. The van der Waals surface area contributed by atoms with Gasteiger partial charge in [-0.1, -0.05) is 12.5 Å². The molecule has 2 nitrogen and oxygen atoms in total. The van der Waals surface area contributed by atoms with E-state index in [0.717, 1.165) is 43.4 Å². The molecule has 3 fully saturated rings. The van der Waals surface area contributed by atoms with Gasteiger partial charge in [-0.15, -0.1) is 0 Å². The van der Waals surface area contributed by atoms with E-state index < -0.39 is 0 Å². The van der Waals surface area contributed by atoms with Crippen LogP contribution < -0.4 is 0 Å². The lowest BCUT2D eigenvalue weighted by atomic mass is 9.52. The van der Waals surface area contributed by atoms with E-state index in [2.05, 4.69) is 6.92 Å². The largest absolute Gasteiger partial charge is 0.393 e. The summed E-state index contributed by atoms with van der Waals surface area (Å²) in [6.45, 7) is 2.33. The topological polar surface area (TPSA) is 37.3 Å². The van der Waals surface area contributed by atoms with E-state index in [4.69, 9.17) is 0 Å². The first kappa shape index (κ1) is 13.1. The monoisotopic (exact) mass is 274 g/mol. The first-order valence-corrected chi connectivity index (χ1v) is 8.51. The van der Waals surface area contributed by atoms with Crippen molar-refractivity contribution < 1.29 is 9.90 Å². The highest BCUT2D eigenvalue weighted by molar-refractivity contribution is 5.91. The third-order valence-electron chi connectivity index (χ3n) is 7.25. The predicted molar refractivity (Wildman–Crippen MR) is 78.1 cm³/mol. The summed E-state index contributed by atoms with van der Waals surface area (Å²) in [5.41, 5.74) is 1.65. The number of carbonyl (C=O) groups is 1. The van der Waals surface area contributed by atoms with Crippen LogP contribution in [0.1, 0.15) is 58.3 Å². The van der Waals surface area contributed by atoms with Gasteiger partial charge in [0.15, 0.2) is 5.78 Å². The van der Waals surface area contributed by atoms with Gasteiger partial charge in [-0.2, -0.15) is 0 Å². The van der Waals surface area contributed by atoms with Gasteiger partial charge in [-0.05, 0) is 80.1 Å². The van der Waals surface area contributed by atoms with Crippen molar-refractivity contribution >= 4 is 5.78 Å². The molecule has 1 unspecified atom stereocenters. The average Bonchev–Trinajstić information content (AvgIpc) is 2.74. The van der Waals surface area contributed by atoms with E-state index in [1.54, 1.807) is 0 Å². The molecule has 110 valence electrons. The van der Waals surface area contributed by atoms with Crippen molar-refractivity contribution in [3.05, 3.63) is 11.6 Å². The van der Waals surface area contributed by atoms with Crippen LogP contribution in [0.2, 0.25) is 0 Å². The first-order chi connectivity index (χ1) is 9.59. The minimum Gasteiger partial charge on any atom is -0.393 e. The molecule has 0 radical (unpaired) electrons. The maximum Gasteiger partial charge on any atom is 0.155 e. The van der Waals surface area contributed by atoms with Gasteiger partial charge in [0.05, 0.1) is 6.10 Å². The van der Waals surface area contributed by atoms with Crippen LogP contribution in [-0.4, -0.2) is 17.0 Å². The van der Waals surface area contributed by atoms with E-state index in [1.807, 2.05) is 6.08 Å². The number of rotatable bonds is 0. The Morgan fingerprint density at radius 1 is 1.10 bits per heavy atom. The smallest absolute Gasteiger partial charge is 0.155 e. The number of fused-ring (bicyclic) bond motifs is 5. The number of carbonyl (C=O) groups excluding carboxylic acids is 1. The number of aliphatic hydroxyl groups is 1. The fraction of sp³-hybridized carbons (Fsp3) is 0.833. The lowest BCUT2D eigenvalue weighted by Crippen LogP contribution is -2.47. The molecule has 0 aromatic carbocycles. The molecule has 4 rings (SSSR count). The van der Waals surface area contributed by atoms with Crippen LogP contribution >= 0.6 is 0 Å². The summed E-state index contributed by atoms with van der Waals surface area (Å²) in [5, 5.41) is 10.4. The maximum atomic E-state index is 11.6. The molecule has 0 spiro atoms. The summed E-state index contributed by atoms with van der Waals surface area (Å²) in [6, 6.07) is 0. The minimum atomic E-state index is -0.0710. The van der Waals surface area contributed by atoms with Crippen LogP contribution in [0.4, 0.5) is 0 Å². The van der Waals surface area contributed by atoms with E-state index in [-0.39, 0.29) is 11.5 Å². The first-order valence-electron chi connectivity index (χ1n) is 8.51. The molecule has 4 aliphatic rings. The maximum absolute atomic E-state index is 11.6. The Balaban J connectivity index is 1.63. The molecule has 0 amide bonds. The molecule has 0 saturated heterocycles. The molecule has 6 atom stereocenters. The molecule has 0 bridgehead atoms. The third-order valence-corrected chi connectivity index (χ3v) is 7.25. The Kier molecular flexibility index (Phi) is 2.89. The Morgan fingerprint density at radius 2 is 1.95 bits per heavy atom. The zero-order valence-corrected chi connectivity index (χ0v) is 12.5. The summed E-state index contributed by atoms with van der Waals surface area (Å²) < 4.78 is 0. The summed E-state index contributed by atoms with van der Waals surface area (Å²) in [7, 11) is 0. The van der Waals surface area contributed by atoms with E-state index in [0.29, 0.717) is 11.7 Å². The SMILES string of the molecule is CC12CC[C@H]3[C@@H](CCC4=CC(=O)CC[C@@H]43)[C@@H]1CC[C@@H]2O. The van der Waals surface area contributed by atoms with Crippen molar-refractivity contribution in [2.75, 3.05) is 0 Å².